The fourth-order valence-electron chi connectivity index (χ4n) is 1.92. The summed E-state index contributed by atoms with van der Waals surface area (Å²) in [6, 6.07) is 12.1. The third-order valence-corrected chi connectivity index (χ3v) is 3.25. The van der Waals surface area contributed by atoms with Crippen LogP contribution in [0.15, 0.2) is 42.5 Å². The molecule has 0 spiro atoms. The summed E-state index contributed by atoms with van der Waals surface area (Å²) in [5, 5.41) is 9.34. The van der Waals surface area contributed by atoms with E-state index in [2.05, 4.69) is 0 Å². The van der Waals surface area contributed by atoms with Gasteiger partial charge in [0, 0.05) is 23.3 Å². The van der Waals surface area contributed by atoms with Crippen molar-refractivity contribution < 1.29 is 19.4 Å². The molecular formula is C16H15ClO4. The summed E-state index contributed by atoms with van der Waals surface area (Å²) in [6.07, 6.45) is 0. The van der Waals surface area contributed by atoms with Crippen LogP contribution in [-0.4, -0.2) is 31.4 Å². The first kappa shape index (κ1) is 15.4. The summed E-state index contributed by atoms with van der Waals surface area (Å²) < 4.78 is 10.6. The molecule has 0 radical (unpaired) electrons. The topological polar surface area (TPSA) is 55.8 Å². The number of benzene rings is 2. The molecule has 0 amide bonds. The zero-order chi connectivity index (χ0) is 15.2. The molecule has 110 valence electrons. The smallest absolute Gasteiger partial charge is 0.335 e. The lowest BCUT2D eigenvalue weighted by Crippen LogP contribution is -2.05. The van der Waals surface area contributed by atoms with Gasteiger partial charge >= 0.3 is 5.97 Å². The predicted octanol–water partition coefficient (Wildman–Crippen LogP) is 3.73. The highest BCUT2D eigenvalue weighted by molar-refractivity contribution is 6.33. The van der Waals surface area contributed by atoms with Crippen molar-refractivity contribution in [1.29, 1.82) is 0 Å². The van der Waals surface area contributed by atoms with Gasteiger partial charge in [0.15, 0.2) is 0 Å². The summed E-state index contributed by atoms with van der Waals surface area (Å²) in [5.41, 5.74) is 1.70. The third-order valence-electron chi connectivity index (χ3n) is 2.94. The highest BCUT2D eigenvalue weighted by atomic mass is 35.5. The van der Waals surface area contributed by atoms with Crippen LogP contribution in [0.1, 0.15) is 10.4 Å². The number of rotatable bonds is 6. The zero-order valence-corrected chi connectivity index (χ0v) is 12.3. The number of methoxy groups -OCH3 is 1. The first-order valence-corrected chi connectivity index (χ1v) is 6.75. The normalized spacial score (nSPS) is 10.4. The Morgan fingerprint density at radius 3 is 2.57 bits per heavy atom. The maximum absolute atomic E-state index is 10.9. The van der Waals surface area contributed by atoms with E-state index in [-0.39, 0.29) is 5.56 Å². The minimum atomic E-state index is -1.01. The Morgan fingerprint density at radius 2 is 1.90 bits per heavy atom. The fraction of sp³-hybridized carbons (Fsp3) is 0.188. The number of hydrogen-bond acceptors (Lipinski definition) is 3. The van der Waals surface area contributed by atoms with Gasteiger partial charge in [-0.1, -0.05) is 35.9 Å². The monoisotopic (exact) mass is 306 g/mol. The van der Waals surface area contributed by atoms with Crippen LogP contribution in [-0.2, 0) is 4.74 Å². The van der Waals surface area contributed by atoms with Gasteiger partial charge in [0.25, 0.3) is 0 Å². The van der Waals surface area contributed by atoms with Crippen LogP contribution in [0, 0.1) is 0 Å². The van der Waals surface area contributed by atoms with Crippen molar-refractivity contribution in [2.24, 2.45) is 0 Å². The summed E-state index contributed by atoms with van der Waals surface area (Å²) in [6.45, 7) is 0.915. The van der Waals surface area contributed by atoms with Crippen LogP contribution < -0.4 is 4.74 Å². The highest BCUT2D eigenvalue weighted by Crippen LogP contribution is 2.35. The molecule has 2 aromatic carbocycles. The Labute approximate surface area is 127 Å². The van der Waals surface area contributed by atoms with Gasteiger partial charge in [0.05, 0.1) is 12.2 Å². The van der Waals surface area contributed by atoms with Crippen LogP contribution in [0.3, 0.4) is 0 Å². The molecule has 0 fully saturated rings. The minimum absolute atomic E-state index is 0.154. The van der Waals surface area contributed by atoms with Crippen molar-refractivity contribution >= 4 is 17.6 Å². The van der Waals surface area contributed by atoms with E-state index >= 15 is 0 Å². The molecule has 0 bridgehead atoms. The number of para-hydroxylation sites is 1. The van der Waals surface area contributed by atoms with Crippen molar-refractivity contribution in [2.45, 2.75) is 0 Å². The second-order valence-electron chi connectivity index (χ2n) is 4.34. The molecule has 0 aliphatic heterocycles. The lowest BCUT2D eigenvalue weighted by atomic mass is 10.0. The van der Waals surface area contributed by atoms with E-state index in [4.69, 9.17) is 26.2 Å². The van der Waals surface area contributed by atoms with Crippen LogP contribution in [0.5, 0.6) is 5.75 Å². The number of hydrogen-bond donors (Lipinski definition) is 1. The Hall–Kier alpha value is -2.04. The van der Waals surface area contributed by atoms with Gasteiger partial charge in [-0.05, 0) is 18.2 Å². The number of carboxylic acids is 1. The van der Waals surface area contributed by atoms with Gasteiger partial charge in [-0.2, -0.15) is 0 Å². The second-order valence-corrected chi connectivity index (χ2v) is 4.74. The van der Waals surface area contributed by atoms with Crippen LogP contribution in [0.25, 0.3) is 11.1 Å². The van der Waals surface area contributed by atoms with Crippen molar-refractivity contribution in [3.63, 3.8) is 0 Å². The van der Waals surface area contributed by atoms with Crippen molar-refractivity contribution in [3.05, 3.63) is 53.1 Å². The van der Waals surface area contributed by atoms with Crippen molar-refractivity contribution in [2.75, 3.05) is 20.3 Å². The quantitative estimate of drug-likeness (QED) is 0.826. The molecule has 0 aliphatic carbocycles. The highest BCUT2D eigenvalue weighted by Gasteiger charge is 2.12. The van der Waals surface area contributed by atoms with E-state index in [0.29, 0.717) is 24.0 Å². The second kappa shape index (κ2) is 7.11. The molecular weight excluding hydrogens is 292 g/mol. The van der Waals surface area contributed by atoms with Gasteiger partial charge in [-0.25, -0.2) is 4.79 Å². The molecule has 4 nitrogen and oxygen atoms in total. The lowest BCUT2D eigenvalue weighted by molar-refractivity contribution is 0.0697. The Morgan fingerprint density at radius 1 is 1.14 bits per heavy atom. The van der Waals surface area contributed by atoms with E-state index in [9.17, 15) is 4.79 Å². The van der Waals surface area contributed by atoms with Crippen LogP contribution in [0.4, 0.5) is 0 Å². The largest absolute Gasteiger partial charge is 0.491 e. The number of ether oxygens (including phenoxy) is 2. The molecule has 0 saturated heterocycles. The molecule has 0 atom stereocenters. The average Bonchev–Trinajstić information content (AvgIpc) is 2.48. The predicted molar refractivity (Wildman–Crippen MR) is 81.2 cm³/mol. The summed E-state index contributed by atoms with van der Waals surface area (Å²) >= 11 is 6.20. The number of carbonyl (C=O) groups is 1. The molecule has 2 aromatic rings. The third kappa shape index (κ3) is 3.74. The van der Waals surface area contributed by atoms with E-state index in [1.807, 2.05) is 24.3 Å². The molecule has 0 unspecified atom stereocenters. The van der Waals surface area contributed by atoms with E-state index in [0.717, 1.165) is 11.1 Å². The molecule has 0 aliphatic rings. The van der Waals surface area contributed by atoms with Gasteiger partial charge in [-0.15, -0.1) is 0 Å². The van der Waals surface area contributed by atoms with Gasteiger partial charge in [0.1, 0.15) is 12.4 Å². The number of aromatic carboxylic acids is 1. The molecule has 21 heavy (non-hydrogen) atoms. The zero-order valence-electron chi connectivity index (χ0n) is 11.5. The maximum Gasteiger partial charge on any atom is 0.335 e. The SMILES string of the molecule is COCCOc1ccccc1-c1ccc(C(=O)O)cc1Cl. The van der Waals surface area contributed by atoms with Crippen LogP contribution in [0.2, 0.25) is 5.02 Å². The average molecular weight is 307 g/mol. The summed E-state index contributed by atoms with van der Waals surface area (Å²) in [7, 11) is 1.61. The Bertz CT molecular complexity index is 640. The van der Waals surface area contributed by atoms with Gasteiger partial charge in [-0.3, -0.25) is 0 Å². The Kier molecular flexibility index (Phi) is 5.20. The first-order chi connectivity index (χ1) is 10.1. The lowest BCUT2D eigenvalue weighted by Gasteiger charge is -2.12. The van der Waals surface area contributed by atoms with E-state index in [1.165, 1.54) is 12.1 Å². The van der Waals surface area contributed by atoms with Gasteiger partial charge in [0.2, 0.25) is 0 Å². The van der Waals surface area contributed by atoms with E-state index < -0.39 is 5.97 Å². The first-order valence-electron chi connectivity index (χ1n) is 6.37. The number of halogens is 1. The van der Waals surface area contributed by atoms with E-state index in [1.54, 1.807) is 13.2 Å². The molecule has 0 aromatic heterocycles. The molecule has 1 N–H and O–H groups in total. The molecule has 0 saturated carbocycles. The minimum Gasteiger partial charge on any atom is -0.491 e. The summed E-state index contributed by atoms with van der Waals surface area (Å²) in [5.74, 6) is -0.326. The van der Waals surface area contributed by atoms with Crippen molar-refractivity contribution in [3.8, 4) is 16.9 Å². The van der Waals surface area contributed by atoms with Crippen LogP contribution >= 0.6 is 11.6 Å². The molecule has 2 rings (SSSR count). The fourth-order valence-corrected chi connectivity index (χ4v) is 2.20. The maximum atomic E-state index is 10.9. The standard InChI is InChI=1S/C16H15ClO4/c1-20-8-9-21-15-5-3-2-4-13(15)12-7-6-11(16(18)19)10-14(12)17/h2-7,10H,8-9H2,1H3,(H,18,19). The Balaban J connectivity index is 2.35. The molecule has 0 heterocycles. The van der Waals surface area contributed by atoms with Crippen molar-refractivity contribution in [1.82, 2.24) is 0 Å². The van der Waals surface area contributed by atoms with Gasteiger partial charge < -0.3 is 14.6 Å². The molecule has 5 heteroatoms. The number of carboxylic acid groups (broad SMARTS) is 1. The summed E-state index contributed by atoms with van der Waals surface area (Å²) in [4.78, 5) is 10.9.